The normalized spacial score (nSPS) is 16.0. The van der Waals surface area contributed by atoms with Crippen molar-refractivity contribution >= 4 is 21.1 Å². The number of nitrogens with one attached hydrogen (secondary N) is 1. The van der Waals surface area contributed by atoms with Crippen LogP contribution >= 0.6 is 0 Å². The Bertz CT molecular complexity index is 1450. The number of fused-ring (bicyclic) bond motifs is 1. The predicted octanol–water partition coefficient (Wildman–Crippen LogP) is 3.77. The van der Waals surface area contributed by atoms with Crippen LogP contribution in [0.3, 0.4) is 0 Å². The maximum Gasteiger partial charge on any atom is 0.243 e. The van der Waals surface area contributed by atoms with Crippen LogP contribution in [-0.4, -0.2) is 49.0 Å². The predicted molar refractivity (Wildman–Crippen MR) is 128 cm³/mol. The number of H-pyrrole nitrogens is 1. The van der Waals surface area contributed by atoms with Gasteiger partial charge >= 0.3 is 0 Å². The van der Waals surface area contributed by atoms with Crippen molar-refractivity contribution in [2.45, 2.75) is 17.4 Å². The number of pyridine rings is 1. The first-order valence-electron chi connectivity index (χ1n) is 11.2. The summed E-state index contributed by atoms with van der Waals surface area (Å²) < 4.78 is 60.0. The molecule has 3 heterocycles. The molecule has 2 aromatic heterocycles. The van der Waals surface area contributed by atoms with E-state index in [2.05, 4.69) is 4.98 Å². The number of hydrogen-bond acceptors (Lipinski definition) is 5. The first-order chi connectivity index (χ1) is 16.8. The van der Waals surface area contributed by atoms with Gasteiger partial charge in [0, 0.05) is 30.9 Å². The largest absolute Gasteiger partial charge is 0.379 e. The Morgan fingerprint density at radius 3 is 2.40 bits per heavy atom. The van der Waals surface area contributed by atoms with Crippen molar-refractivity contribution in [3.63, 3.8) is 0 Å². The van der Waals surface area contributed by atoms with Gasteiger partial charge in [0.25, 0.3) is 0 Å². The SMILES string of the molecule is NC(Cc1cc(F)cc(F)c1)c1nc2cc[nH]c2cc1-c1ccc(S(=O)(=O)N2CCOCC2)cc1. The van der Waals surface area contributed by atoms with Crippen LogP contribution in [0.15, 0.2) is 65.7 Å². The molecule has 0 aliphatic carbocycles. The number of nitrogens with two attached hydrogens (primary N) is 1. The maximum absolute atomic E-state index is 13.7. The minimum Gasteiger partial charge on any atom is -0.379 e. The number of aromatic nitrogens is 2. The van der Waals surface area contributed by atoms with E-state index in [0.717, 1.165) is 17.1 Å². The van der Waals surface area contributed by atoms with Crippen LogP contribution in [0.2, 0.25) is 0 Å². The Balaban J connectivity index is 1.50. The standard InChI is InChI=1S/C25H24F2N4O3S/c26-18-11-16(12-19(27)14-18)13-22(28)25-21(15-24-23(30-25)5-6-29-24)17-1-3-20(4-2-17)35(32,33)31-7-9-34-10-8-31/h1-6,11-12,14-15,22,29H,7-10,13,28H2. The minimum atomic E-state index is -3.63. The van der Waals surface area contributed by atoms with Gasteiger partial charge in [-0.1, -0.05) is 12.1 Å². The Hall–Kier alpha value is -3.18. The Morgan fingerprint density at radius 1 is 1.03 bits per heavy atom. The second-order valence-electron chi connectivity index (χ2n) is 8.46. The molecule has 1 aliphatic rings. The van der Waals surface area contributed by atoms with Gasteiger partial charge < -0.3 is 15.5 Å². The van der Waals surface area contributed by atoms with E-state index in [9.17, 15) is 17.2 Å². The van der Waals surface area contributed by atoms with E-state index in [1.807, 2.05) is 12.1 Å². The molecule has 0 radical (unpaired) electrons. The van der Waals surface area contributed by atoms with Crippen LogP contribution < -0.4 is 5.73 Å². The van der Waals surface area contributed by atoms with Crippen molar-refractivity contribution in [3.05, 3.63) is 83.7 Å². The highest BCUT2D eigenvalue weighted by Crippen LogP contribution is 2.32. The highest BCUT2D eigenvalue weighted by atomic mass is 32.2. The number of hydrogen-bond donors (Lipinski definition) is 2. The fourth-order valence-corrected chi connectivity index (χ4v) is 5.74. The van der Waals surface area contributed by atoms with Gasteiger partial charge in [-0.05, 0) is 53.9 Å². The fraction of sp³-hybridized carbons (Fsp3) is 0.240. The van der Waals surface area contributed by atoms with Gasteiger partial charge in [0.1, 0.15) is 11.6 Å². The number of ether oxygens (including phenoxy) is 1. The first-order valence-corrected chi connectivity index (χ1v) is 12.6. The number of halogens is 2. The molecular weight excluding hydrogens is 474 g/mol. The van der Waals surface area contributed by atoms with Gasteiger partial charge in [-0.3, -0.25) is 0 Å². The van der Waals surface area contributed by atoms with Crippen LogP contribution in [0.5, 0.6) is 0 Å². The van der Waals surface area contributed by atoms with Crippen LogP contribution in [-0.2, 0) is 21.2 Å². The number of rotatable bonds is 6. The third-order valence-electron chi connectivity index (χ3n) is 6.06. The molecule has 1 saturated heterocycles. The molecule has 35 heavy (non-hydrogen) atoms. The molecule has 0 spiro atoms. The first kappa shape index (κ1) is 23.6. The Labute approximate surface area is 201 Å². The van der Waals surface area contributed by atoms with Crippen molar-refractivity contribution < 1.29 is 21.9 Å². The monoisotopic (exact) mass is 498 g/mol. The zero-order chi connectivity index (χ0) is 24.6. The fourth-order valence-electron chi connectivity index (χ4n) is 4.33. The van der Waals surface area contributed by atoms with E-state index in [1.165, 1.54) is 16.4 Å². The van der Waals surface area contributed by atoms with Gasteiger partial charge in [-0.25, -0.2) is 22.2 Å². The summed E-state index contributed by atoms with van der Waals surface area (Å²) in [5.74, 6) is -1.34. The molecule has 0 saturated carbocycles. The van der Waals surface area contributed by atoms with E-state index < -0.39 is 27.7 Å². The zero-order valence-electron chi connectivity index (χ0n) is 18.7. The van der Waals surface area contributed by atoms with Crippen LogP contribution in [0.1, 0.15) is 17.3 Å². The number of benzene rings is 2. The molecule has 7 nitrogen and oxygen atoms in total. The molecule has 1 unspecified atom stereocenters. The van der Waals surface area contributed by atoms with Gasteiger partial charge in [0.2, 0.25) is 10.0 Å². The molecule has 0 amide bonds. The number of aromatic amines is 1. The van der Waals surface area contributed by atoms with Crippen molar-refractivity contribution in [3.8, 4) is 11.1 Å². The van der Waals surface area contributed by atoms with E-state index in [0.29, 0.717) is 48.6 Å². The summed E-state index contributed by atoms with van der Waals surface area (Å²) in [7, 11) is -3.63. The molecule has 3 N–H and O–H groups in total. The zero-order valence-corrected chi connectivity index (χ0v) is 19.6. The second kappa shape index (κ2) is 9.46. The summed E-state index contributed by atoms with van der Waals surface area (Å²) in [6, 6.07) is 13.0. The third kappa shape index (κ3) is 4.83. The lowest BCUT2D eigenvalue weighted by atomic mass is 9.95. The molecule has 10 heteroatoms. The molecule has 5 rings (SSSR count). The minimum absolute atomic E-state index is 0.175. The quantitative estimate of drug-likeness (QED) is 0.422. The van der Waals surface area contributed by atoms with Crippen molar-refractivity contribution in [2.75, 3.05) is 26.3 Å². The van der Waals surface area contributed by atoms with Crippen molar-refractivity contribution in [1.29, 1.82) is 0 Å². The van der Waals surface area contributed by atoms with E-state index >= 15 is 0 Å². The smallest absolute Gasteiger partial charge is 0.243 e. The Morgan fingerprint density at radius 2 is 1.71 bits per heavy atom. The number of morpholine rings is 1. The highest BCUT2D eigenvalue weighted by molar-refractivity contribution is 7.89. The van der Waals surface area contributed by atoms with Crippen LogP contribution in [0.4, 0.5) is 8.78 Å². The summed E-state index contributed by atoms with van der Waals surface area (Å²) >= 11 is 0. The van der Waals surface area contributed by atoms with E-state index in [1.54, 1.807) is 30.5 Å². The number of nitrogens with zero attached hydrogens (tertiary/aromatic N) is 2. The van der Waals surface area contributed by atoms with Crippen molar-refractivity contribution in [1.82, 2.24) is 14.3 Å². The summed E-state index contributed by atoms with van der Waals surface area (Å²) in [5.41, 5.74) is 10.4. The Kier molecular flexibility index (Phi) is 6.37. The lowest BCUT2D eigenvalue weighted by molar-refractivity contribution is 0.0730. The van der Waals surface area contributed by atoms with Crippen LogP contribution in [0.25, 0.3) is 22.2 Å². The molecule has 2 aromatic carbocycles. The molecule has 182 valence electrons. The van der Waals surface area contributed by atoms with Crippen molar-refractivity contribution in [2.24, 2.45) is 5.73 Å². The average molecular weight is 499 g/mol. The second-order valence-corrected chi connectivity index (χ2v) is 10.4. The highest BCUT2D eigenvalue weighted by Gasteiger charge is 2.26. The molecular formula is C25H24F2N4O3S. The van der Waals surface area contributed by atoms with Gasteiger partial charge in [-0.15, -0.1) is 0 Å². The van der Waals surface area contributed by atoms with Gasteiger partial charge in [-0.2, -0.15) is 4.31 Å². The molecule has 1 atom stereocenters. The lowest BCUT2D eigenvalue weighted by Crippen LogP contribution is -2.40. The topological polar surface area (TPSA) is 101 Å². The lowest BCUT2D eigenvalue weighted by Gasteiger charge is -2.26. The number of sulfonamides is 1. The summed E-state index contributed by atoms with van der Waals surface area (Å²) in [6.07, 6.45) is 1.94. The maximum atomic E-state index is 13.7. The summed E-state index contributed by atoms with van der Waals surface area (Å²) in [6.45, 7) is 1.37. The average Bonchev–Trinajstić information content (AvgIpc) is 3.31. The summed E-state index contributed by atoms with van der Waals surface area (Å²) in [5, 5.41) is 0. The van der Waals surface area contributed by atoms with Gasteiger partial charge in [0.15, 0.2) is 0 Å². The molecule has 1 fully saturated rings. The third-order valence-corrected chi connectivity index (χ3v) is 7.98. The van der Waals surface area contributed by atoms with Crippen LogP contribution in [0, 0.1) is 11.6 Å². The molecule has 4 aromatic rings. The molecule has 1 aliphatic heterocycles. The summed E-state index contributed by atoms with van der Waals surface area (Å²) in [4.78, 5) is 8.03. The van der Waals surface area contributed by atoms with Gasteiger partial charge in [0.05, 0.1) is 40.9 Å². The van der Waals surface area contributed by atoms with E-state index in [4.69, 9.17) is 15.5 Å². The van der Waals surface area contributed by atoms with E-state index in [-0.39, 0.29) is 11.3 Å². The molecule has 0 bridgehead atoms.